The minimum atomic E-state index is -10.7. The molecule has 0 aromatic heterocycles. The number of rotatable bonds is 2. The molecule has 0 aromatic carbocycles. The van der Waals surface area contributed by atoms with Crippen molar-refractivity contribution in [2.45, 2.75) is 6.92 Å². The Hall–Kier alpha value is -0.251. The zero-order valence-corrected chi connectivity index (χ0v) is 11.9. The molecule has 3 nitrogen and oxygen atoms in total. The first-order valence-electron chi connectivity index (χ1n) is 3.51. The van der Waals surface area contributed by atoms with Crippen LogP contribution >= 0.6 is 7.81 Å². The second-order valence-corrected chi connectivity index (χ2v) is 4.12. The fourth-order valence-corrected chi connectivity index (χ4v) is 0.201. The largest absolute Gasteiger partial charge is 0.0588 e. The van der Waals surface area contributed by atoms with Gasteiger partial charge in [0.1, 0.15) is 0 Å². The Balaban J connectivity index is -0.0000000345. The maximum absolute atomic E-state index is 10.7. The molecular weight excluding hydrogens is 357 g/mol. The van der Waals surface area contributed by atoms with Gasteiger partial charge in [-0.25, -0.2) is 0 Å². The van der Waals surface area contributed by atoms with Gasteiger partial charge >= 0.3 is 66.9 Å². The van der Waals surface area contributed by atoms with Gasteiger partial charge in [-0.05, 0) is 32.6 Å². The van der Waals surface area contributed by atoms with Crippen LogP contribution < -0.4 is 0 Å². The molecule has 0 unspecified atom stereocenters. The van der Waals surface area contributed by atoms with Crippen molar-refractivity contribution >= 4 is 7.81 Å². The smallest absolute Gasteiger partial charge is 0 e. The molecule has 0 bridgehead atoms. The summed E-state index contributed by atoms with van der Waals surface area (Å²) < 4.78 is 81.7. The van der Waals surface area contributed by atoms with E-state index in [-0.39, 0.29) is 17.1 Å². The summed E-state index contributed by atoms with van der Waals surface area (Å²) in [6, 6.07) is 0. The van der Waals surface area contributed by atoms with Gasteiger partial charge in [-0.2, -0.15) is 0 Å². The van der Waals surface area contributed by atoms with Crippen LogP contribution in [0.3, 0.4) is 0 Å². The summed E-state index contributed by atoms with van der Waals surface area (Å²) in [6.07, 6.45) is 3.59. The first-order chi connectivity index (χ1) is 8.22. The molecule has 0 amide bonds. The third kappa shape index (κ3) is 659. The molecule has 0 saturated carbocycles. The average molecular weight is 366 g/mol. The topological polar surface area (TPSA) is 59.7 Å². The predicted octanol–water partition coefficient (Wildman–Crippen LogP) is 4.92. The van der Waals surface area contributed by atoms with Crippen LogP contribution in [-0.2, 0) is 31.0 Å². The maximum Gasteiger partial charge on any atom is 0 e. The Bertz CT molecular complexity index is 230. The van der Waals surface area contributed by atoms with Crippen LogP contribution in [-0.4, -0.2) is 0 Å². The molecule has 0 aliphatic heterocycles. The SMILES string of the molecule is F[P-](F)(F)(F)(F)F.[C-]#[O+].[C-]#[O+].[C-]#[O+].[CH2][CH][CH][C]([CH2])C.[Fe]. The third-order valence-electron chi connectivity index (χ3n) is 0.402. The van der Waals surface area contributed by atoms with Gasteiger partial charge in [-0.15, -0.1) is 0 Å². The van der Waals surface area contributed by atoms with Gasteiger partial charge in [0.15, 0.2) is 0 Å². The standard InChI is InChI=1S/C6H9.3CO.F6P.Fe/c1-4-5-6(2)3;3*1-2;1-7(2,3,4,5)6;/h4-5H,1-2H2,3H3;;;;;/q;;;;-1;. The van der Waals surface area contributed by atoms with Crippen LogP contribution in [0.2, 0.25) is 0 Å². The van der Waals surface area contributed by atoms with Gasteiger partial charge in [0.05, 0.1) is 0 Å². The normalized spacial score (nSPS) is 11.4. The van der Waals surface area contributed by atoms with E-state index < -0.39 is 7.81 Å². The summed E-state index contributed by atoms with van der Waals surface area (Å²) in [5.74, 6) is 1.05. The van der Waals surface area contributed by atoms with Crippen molar-refractivity contribution in [2.24, 2.45) is 0 Å². The fraction of sp³-hybridized carbons (Fsp3) is 0.111. The van der Waals surface area contributed by atoms with E-state index in [0.29, 0.717) is 0 Å². The molecule has 11 heteroatoms. The minimum absolute atomic E-state index is 0. The van der Waals surface area contributed by atoms with Crippen LogP contribution in [0.15, 0.2) is 0 Å². The van der Waals surface area contributed by atoms with E-state index in [4.69, 9.17) is 14.0 Å². The van der Waals surface area contributed by atoms with E-state index in [1.165, 1.54) is 0 Å². The molecule has 0 aromatic rings. The molecule has 5 radical (unpaired) electrons. The van der Waals surface area contributed by atoms with E-state index >= 15 is 0 Å². The van der Waals surface area contributed by atoms with Gasteiger partial charge in [0.2, 0.25) is 0 Å². The third-order valence-corrected chi connectivity index (χ3v) is 0.402. The molecule has 0 aliphatic rings. The maximum atomic E-state index is 9.87. The zero-order chi connectivity index (χ0) is 17.4. The van der Waals surface area contributed by atoms with E-state index in [9.17, 15) is 25.2 Å². The fourth-order valence-electron chi connectivity index (χ4n) is 0.201. The molecule has 0 spiro atoms. The molecule has 0 fully saturated rings. The van der Waals surface area contributed by atoms with Crippen molar-refractivity contribution in [3.05, 3.63) is 52.6 Å². The molecule has 0 atom stereocenters. The van der Waals surface area contributed by atoms with Crippen LogP contribution in [0.1, 0.15) is 6.92 Å². The Kier molecular flexibility index (Phi) is 27.8. The Labute approximate surface area is 124 Å². The summed E-state index contributed by atoms with van der Waals surface area (Å²) in [5.41, 5.74) is 0. The summed E-state index contributed by atoms with van der Waals surface area (Å²) in [4.78, 5) is 0. The molecule has 0 rings (SSSR count). The van der Waals surface area contributed by atoms with Crippen molar-refractivity contribution < 1.29 is 56.2 Å². The summed E-state index contributed by atoms with van der Waals surface area (Å²) in [7, 11) is -10.7. The first-order valence-corrected chi connectivity index (χ1v) is 5.54. The van der Waals surface area contributed by atoms with Crippen molar-refractivity contribution in [3.63, 3.8) is 0 Å². The molecule has 119 valence electrons. The van der Waals surface area contributed by atoms with E-state index in [2.05, 4.69) is 33.8 Å². The van der Waals surface area contributed by atoms with Gasteiger partial charge < -0.3 is 0 Å². The van der Waals surface area contributed by atoms with Crippen LogP contribution in [0.5, 0.6) is 0 Å². The Morgan fingerprint density at radius 2 is 1.05 bits per heavy atom. The monoisotopic (exact) mass is 366 g/mol. The van der Waals surface area contributed by atoms with Crippen molar-refractivity contribution in [1.29, 1.82) is 0 Å². The Morgan fingerprint density at radius 1 is 0.900 bits per heavy atom. The number of halogens is 6. The van der Waals surface area contributed by atoms with Crippen LogP contribution in [0.25, 0.3) is 0 Å². The predicted molar refractivity (Wildman–Crippen MR) is 53.6 cm³/mol. The van der Waals surface area contributed by atoms with Gasteiger partial charge in [0, 0.05) is 17.1 Å². The Morgan fingerprint density at radius 3 is 1.05 bits per heavy atom. The van der Waals surface area contributed by atoms with E-state index in [0.717, 1.165) is 5.92 Å². The summed E-state index contributed by atoms with van der Waals surface area (Å²) >= 11 is 0. The van der Waals surface area contributed by atoms with Crippen molar-refractivity contribution in [3.8, 4) is 0 Å². The quantitative estimate of drug-likeness (QED) is 0.219. The van der Waals surface area contributed by atoms with Crippen molar-refractivity contribution in [2.75, 3.05) is 0 Å². The molecule has 0 heterocycles. The van der Waals surface area contributed by atoms with Crippen molar-refractivity contribution in [1.82, 2.24) is 0 Å². The van der Waals surface area contributed by atoms with E-state index in [1.807, 2.05) is 13.3 Å². The van der Waals surface area contributed by atoms with Gasteiger partial charge in [0.25, 0.3) is 0 Å². The average Bonchev–Trinajstić information content (AvgIpc) is 2.22. The van der Waals surface area contributed by atoms with E-state index in [1.54, 1.807) is 6.42 Å². The first kappa shape index (κ1) is 36.7. The molecule has 0 saturated heterocycles. The van der Waals surface area contributed by atoms with Crippen LogP contribution in [0, 0.1) is 52.6 Å². The molecule has 0 N–H and O–H groups in total. The summed E-state index contributed by atoms with van der Waals surface area (Å²) in [5, 5.41) is 0. The minimum Gasteiger partial charge on any atom is -0.0588 e. The zero-order valence-electron chi connectivity index (χ0n) is 9.86. The number of hydrogen-bond donors (Lipinski definition) is 0. The molecule has 20 heavy (non-hydrogen) atoms. The van der Waals surface area contributed by atoms with Gasteiger partial charge in [-0.3, -0.25) is 0 Å². The van der Waals surface area contributed by atoms with Gasteiger partial charge in [-0.1, -0.05) is 6.92 Å². The number of hydrogen-bond acceptors (Lipinski definition) is 0. The second-order valence-electron chi connectivity index (χ2n) is 2.21. The molecular formula is C9H9F6FeO3P-. The molecule has 0 aliphatic carbocycles. The summed E-state index contributed by atoms with van der Waals surface area (Å²) in [6.45, 7) is 22.5. The van der Waals surface area contributed by atoms with Crippen LogP contribution in [0.4, 0.5) is 25.2 Å². The second kappa shape index (κ2) is 15.1.